The van der Waals surface area contributed by atoms with Crippen LogP contribution in [0.1, 0.15) is 23.9 Å². The van der Waals surface area contributed by atoms with Crippen molar-refractivity contribution in [2.45, 2.75) is 26.4 Å². The van der Waals surface area contributed by atoms with E-state index in [9.17, 15) is 4.39 Å². The third kappa shape index (κ3) is 2.53. The summed E-state index contributed by atoms with van der Waals surface area (Å²) in [5.41, 5.74) is 7.09. The maximum atomic E-state index is 13.3. The lowest BCUT2D eigenvalue weighted by molar-refractivity contribution is 0.608. The van der Waals surface area contributed by atoms with Gasteiger partial charge in [0.1, 0.15) is 11.6 Å². The molecule has 0 atom stereocenters. The highest BCUT2D eigenvalue weighted by Gasteiger charge is 2.04. The van der Waals surface area contributed by atoms with Crippen molar-refractivity contribution in [3.05, 3.63) is 53.4 Å². The zero-order valence-corrected chi connectivity index (χ0v) is 9.86. The molecule has 0 radical (unpaired) electrons. The Hall–Kier alpha value is -1.68. The topological polar surface area (TPSA) is 43.8 Å². The van der Waals surface area contributed by atoms with Gasteiger partial charge in [0.2, 0.25) is 0 Å². The first-order chi connectivity index (χ1) is 8.24. The van der Waals surface area contributed by atoms with Crippen LogP contribution in [0.25, 0.3) is 0 Å². The molecule has 3 nitrogen and oxygen atoms in total. The lowest BCUT2D eigenvalue weighted by atomic mass is 10.1. The average Bonchev–Trinajstić information content (AvgIpc) is 2.79. The zero-order valence-electron chi connectivity index (χ0n) is 9.86. The van der Waals surface area contributed by atoms with Gasteiger partial charge >= 0.3 is 0 Å². The number of hydrogen-bond donors (Lipinski definition) is 1. The van der Waals surface area contributed by atoms with Crippen molar-refractivity contribution in [3.63, 3.8) is 0 Å². The Kier molecular flexibility index (Phi) is 3.54. The molecule has 0 saturated heterocycles. The molecule has 2 aromatic rings. The van der Waals surface area contributed by atoms with E-state index < -0.39 is 0 Å². The Morgan fingerprint density at radius 2 is 2.24 bits per heavy atom. The number of nitrogens with zero attached hydrogens (tertiary/aromatic N) is 2. The van der Waals surface area contributed by atoms with E-state index in [0.29, 0.717) is 12.1 Å². The summed E-state index contributed by atoms with van der Waals surface area (Å²) in [5, 5.41) is 0. The number of aryl methyl sites for hydroxylation is 1. The molecule has 0 bridgehead atoms. The van der Waals surface area contributed by atoms with Gasteiger partial charge < -0.3 is 10.3 Å². The number of imidazole rings is 1. The van der Waals surface area contributed by atoms with Crippen LogP contribution in [-0.2, 0) is 19.5 Å². The van der Waals surface area contributed by atoms with Gasteiger partial charge in [0.05, 0.1) is 0 Å². The first kappa shape index (κ1) is 11.8. The highest BCUT2D eigenvalue weighted by Crippen LogP contribution is 2.12. The van der Waals surface area contributed by atoms with E-state index in [1.54, 1.807) is 12.3 Å². The van der Waals surface area contributed by atoms with E-state index in [4.69, 9.17) is 5.73 Å². The van der Waals surface area contributed by atoms with Crippen LogP contribution < -0.4 is 5.73 Å². The van der Waals surface area contributed by atoms with Crippen molar-refractivity contribution in [2.24, 2.45) is 5.73 Å². The molecule has 0 fully saturated rings. The Morgan fingerprint density at radius 1 is 1.41 bits per heavy atom. The Morgan fingerprint density at radius 3 is 2.94 bits per heavy atom. The van der Waals surface area contributed by atoms with Gasteiger partial charge in [0, 0.05) is 37.5 Å². The van der Waals surface area contributed by atoms with E-state index in [0.717, 1.165) is 17.8 Å². The molecule has 0 amide bonds. The van der Waals surface area contributed by atoms with Crippen LogP contribution in [0.3, 0.4) is 0 Å². The lowest BCUT2D eigenvalue weighted by Gasteiger charge is -2.08. The molecule has 90 valence electrons. The second-order valence-corrected chi connectivity index (χ2v) is 3.95. The fourth-order valence-electron chi connectivity index (χ4n) is 1.88. The maximum Gasteiger partial charge on any atom is 0.127 e. The van der Waals surface area contributed by atoms with Crippen molar-refractivity contribution in [2.75, 3.05) is 0 Å². The molecule has 0 aliphatic heterocycles. The second-order valence-electron chi connectivity index (χ2n) is 3.95. The quantitative estimate of drug-likeness (QED) is 0.878. The molecule has 0 saturated carbocycles. The van der Waals surface area contributed by atoms with Crippen molar-refractivity contribution in [3.8, 4) is 0 Å². The van der Waals surface area contributed by atoms with Crippen LogP contribution in [0.4, 0.5) is 4.39 Å². The number of aromatic nitrogens is 2. The largest absolute Gasteiger partial charge is 0.331 e. The van der Waals surface area contributed by atoms with E-state index >= 15 is 0 Å². The van der Waals surface area contributed by atoms with Crippen LogP contribution >= 0.6 is 0 Å². The molecule has 2 rings (SSSR count). The lowest BCUT2D eigenvalue weighted by Crippen LogP contribution is -2.06. The van der Waals surface area contributed by atoms with Crippen LogP contribution in [0.5, 0.6) is 0 Å². The van der Waals surface area contributed by atoms with Gasteiger partial charge in [-0.15, -0.1) is 0 Å². The Bertz CT molecular complexity index is 505. The molecule has 2 N–H and O–H groups in total. The third-order valence-electron chi connectivity index (χ3n) is 2.80. The molecule has 0 aliphatic carbocycles. The summed E-state index contributed by atoms with van der Waals surface area (Å²) in [4.78, 5) is 4.26. The molecule has 1 aromatic heterocycles. The number of rotatable bonds is 4. The van der Waals surface area contributed by atoms with E-state index in [1.807, 2.05) is 12.3 Å². The van der Waals surface area contributed by atoms with Crippen molar-refractivity contribution >= 4 is 0 Å². The minimum atomic E-state index is -0.238. The summed E-state index contributed by atoms with van der Waals surface area (Å²) < 4.78 is 15.4. The van der Waals surface area contributed by atoms with Crippen LogP contribution in [0.15, 0.2) is 30.6 Å². The molecule has 0 spiro atoms. The summed E-state index contributed by atoms with van der Waals surface area (Å²) in [6.45, 7) is 3.00. The first-order valence-electron chi connectivity index (χ1n) is 5.72. The van der Waals surface area contributed by atoms with E-state index in [-0.39, 0.29) is 12.4 Å². The van der Waals surface area contributed by atoms with E-state index in [2.05, 4.69) is 16.5 Å². The number of halogens is 1. The maximum absolute atomic E-state index is 13.3. The zero-order chi connectivity index (χ0) is 12.3. The molecule has 4 heteroatoms. The fourth-order valence-corrected chi connectivity index (χ4v) is 1.88. The molecular formula is C13H16FN3. The summed E-state index contributed by atoms with van der Waals surface area (Å²) in [6.07, 6.45) is 4.61. The van der Waals surface area contributed by atoms with Crippen LogP contribution in [0, 0.1) is 5.82 Å². The highest BCUT2D eigenvalue weighted by atomic mass is 19.1. The molecule has 0 aliphatic rings. The van der Waals surface area contributed by atoms with Gasteiger partial charge in [0.15, 0.2) is 0 Å². The highest BCUT2D eigenvalue weighted by molar-refractivity contribution is 5.25. The fraction of sp³-hybridized carbons (Fsp3) is 0.308. The van der Waals surface area contributed by atoms with Crippen LogP contribution in [-0.4, -0.2) is 9.55 Å². The van der Waals surface area contributed by atoms with Gasteiger partial charge in [-0.05, 0) is 17.7 Å². The number of hydrogen-bond acceptors (Lipinski definition) is 2. The Balaban J connectivity index is 2.24. The SMILES string of the molecule is CCc1nccn1Cc1ccc(F)c(CN)c1. The predicted octanol–water partition coefficient (Wildman–Crippen LogP) is 2.09. The second kappa shape index (κ2) is 5.10. The molecule has 0 unspecified atom stereocenters. The normalized spacial score (nSPS) is 10.8. The molecular weight excluding hydrogens is 217 g/mol. The minimum Gasteiger partial charge on any atom is -0.331 e. The summed E-state index contributed by atoms with van der Waals surface area (Å²) in [7, 11) is 0. The van der Waals surface area contributed by atoms with Gasteiger partial charge in [0.25, 0.3) is 0 Å². The molecule has 17 heavy (non-hydrogen) atoms. The van der Waals surface area contributed by atoms with Crippen molar-refractivity contribution in [1.29, 1.82) is 0 Å². The van der Waals surface area contributed by atoms with Gasteiger partial charge in [-0.25, -0.2) is 9.37 Å². The van der Waals surface area contributed by atoms with Gasteiger partial charge in [-0.1, -0.05) is 13.0 Å². The summed E-state index contributed by atoms with van der Waals surface area (Å²) in [6, 6.07) is 5.07. The van der Waals surface area contributed by atoms with Gasteiger partial charge in [-0.3, -0.25) is 0 Å². The van der Waals surface area contributed by atoms with E-state index in [1.165, 1.54) is 6.07 Å². The average molecular weight is 233 g/mol. The Labute approximate surface area is 100 Å². The summed E-state index contributed by atoms with van der Waals surface area (Å²) in [5.74, 6) is 0.793. The standard InChI is InChI=1S/C13H16FN3/c1-2-13-16-5-6-17(13)9-10-3-4-12(14)11(7-10)8-15/h3-7H,2,8-9,15H2,1H3. The monoisotopic (exact) mass is 233 g/mol. The third-order valence-corrected chi connectivity index (χ3v) is 2.80. The summed E-state index contributed by atoms with van der Waals surface area (Å²) >= 11 is 0. The van der Waals surface area contributed by atoms with Crippen molar-refractivity contribution < 1.29 is 4.39 Å². The van der Waals surface area contributed by atoms with Gasteiger partial charge in [-0.2, -0.15) is 0 Å². The molecule has 1 heterocycles. The number of nitrogens with two attached hydrogens (primary N) is 1. The van der Waals surface area contributed by atoms with Crippen LogP contribution in [0.2, 0.25) is 0 Å². The first-order valence-corrected chi connectivity index (χ1v) is 5.72. The smallest absolute Gasteiger partial charge is 0.127 e. The predicted molar refractivity (Wildman–Crippen MR) is 65.0 cm³/mol. The number of benzene rings is 1. The minimum absolute atomic E-state index is 0.226. The molecule has 1 aromatic carbocycles. The van der Waals surface area contributed by atoms with Crippen molar-refractivity contribution in [1.82, 2.24) is 9.55 Å².